The first kappa shape index (κ1) is 23.8. The highest BCUT2D eigenvalue weighted by atomic mass is 79.9. The number of halogens is 2. The lowest BCUT2D eigenvalue weighted by molar-refractivity contribution is -0.122. The smallest absolute Gasteiger partial charge is 0.335 e. The summed E-state index contributed by atoms with van der Waals surface area (Å²) < 4.78 is 12.3. The fraction of sp³-hybridized carbons (Fsp3) is 0.261. The van der Waals surface area contributed by atoms with Gasteiger partial charge in [-0.25, -0.2) is 9.69 Å². The summed E-state index contributed by atoms with van der Waals surface area (Å²) in [6.45, 7) is 6.11. The van der Waals surface area contributed by atoms with Crippen molar-refractivity contribution in [2.75, 3.05) is 11.5 Å². The second-order valence-corrected chi connectivity index (χ2v) is 8.36. The summed E-state index contributed by atoms with van der Waals surface area (Å²) >= 11 is 9.75. The Morgan fingerprint density at radius 1 is 1.16 bits per heavy atom. The van der Waals surface area contributed by atoms with Crippen LogP contribution in [0.4, 0.5) is 10.5 Å². The van der Waals surface area contributed by atoms with Crippen molar-refractivity contribution in [3.63, 3.8) is 0 Å². The third-order valence-corrected chi connectivity index (χ3v) is 5.53. The van der Waals surface area contributed by atoms with Gasteiger partial charge in [0.25, 0.3) is 11.8 Å². The van der Waals surface area contributed by atoms with Crippen LogP contribution < -0.4 is 19.7 Å². The monoisotopic (exact) mass is 520 g/mol. The molecule has 0 aliphatic carbocycles. The summed E-state index contributed by atoms with van der Waals surface area (Å²) in [4.78, 5) is 38.8. The molecule has 32 heavy (non-hydrogen) atoms. The van der Waals surface area contributed by atoms with Crippen LogP contribution in [0.1, 0.15) is 32.8 Å². The number of hydrogen-bond donors (Lipinski definition) is 1. The van der Waals surface area contributed by atoms with Crippen molar-refractivity contribution in [1.29, 1.82) is 0 Å². The summed E-state index contributed by atoms with van der Waals surface area (Å²) in [5.41, 5.74) is 0.583. The van der Waals surface area contributed by atoms with Gasteiger partial charge in [-0.1, -0.05) is 34.5 Å². The van der Waals surface area contributed by atoms with Crippen molar-refractivity contribution in [2.24, 2.45) is 0 Å². The minimum atomic E-state index is -0.815. The molecule has 1 heterocycles. The lowest BCUT2D eigenvalue weighted by Gasteiger charge is -2.26. The van der Waals surface area contributed by atoms with Crippen molar-refractivity contribution < 1.29 is 23.9 Å². The highest BCUT2D eigenvalue weighted by Gasteiger charge is 2.36. The molecular formula is C23H22BrClN2O5. The zero-order valence-electron chi connectivity index (χ0n) is 17.8. The molecule has 168 valence electrons. The van der Waals surface area contributed by atoms with E-state index in [0.717, 1.165) is 15.8 Å². The lowest BCUT2D eigenvalue weighted by atomic mass is 10.1. The number of amides is 4. The number of carbonyl (C=O) groups is 3. The van der Waals surface area contributed by atoms with Crippen LogP contribution in [0, 0.1) is 0 Å². The first-order valence-electron chi connectivity index (χ1n) is 10.0. The summed E-state index contributed by atoms with van der Waals surface area (Å²) in [6, 6.07) is 8.99. The molecule has 0 spiro atoms. The highest BCUT2D eigenvalue weighted by Crippen LogP contribution is 2.38. The zero-order chi connectivity index (χ0) is 23.4. The van der Waals surface area contributed by atoms with Gasteiger partial charge in [-0.15, -0.1) is 0 Å². The van der Waals surface area contributed by atoms with Crippen LogP contribution in [-0.2, 0) is 9.59 Å². The van der Waals surface area contributed by atoms with Gasteiger partial charge in [0.2, 0.25) is 0 Å². The van der Waals surface area contributed by atoms with Gasteiger partial charge >= 0.3 is 6.03 Å². The van der Waals surface area contributed by atoms with Gasteiger partial charge in [0, 0.05) is 4.47 Å². The molecule has 0 unspecified atom stereocenters. The van der Waals surface area contributed by atoms with Gasteiger partial charge < -0.3 is 9.47 Å². The second kappa shape index (κ2) is 10.2. The SMILES string of the molecule is CCOc1cc(/C=C2\C(=O)NC(=O)N(c3ccc(Br)cc3)C2=O)cc(Cl)c1O[C@@H](C)CC. The van der Waals surface area contributed by atoms with Gasteiger partial charge in [0.1, 0.15) is 5.57 Å². The largest absolute Gasteiger partial charge is 0.490 e. The second-order valence-electron chi connectivity index (χ2n) is 7.03. The first-order chi connectivity index (χ1) is 15.2. The molecule has 3 rings (SSSR count). The molecule has 0 saturated carbocycles. The maximum Gasteiger partial charge on any atom is 0.335 e. The molecule has 1 atom stereocenters. The Kier molecular flexibility index (Phi) is 7.58. The number of barbiturate groups is 1. The fourth-order valence-corrected chi connectivity index (χ4v) is 3.51. The standard InChI is InChI=1S/C23H22BrClN2O5/c1-4-13(3)32-20-18(25)11-14(12-19(20)31-5-2)10-17-21(28)26-23(30)27(22(17)29)16-8-6-15(24)7-9-16/h6-13H,4-5H2,1-3H3,(H,26,28,30)/b17-10+/t13-/m0/s1. The topological polar surface area (TPSA) is 84.9 Å². The predicted molar refractivity (Wildman–Crippen MR) is 126 cm³/mol. The molecule has 0 aromatic heterocycles. The Morgan fingerprint density at radius 2 is 1.84 bits per heavy atom. The van der Waals surface area contributed by atoms with E-state index < -0.39 is 17.8 Å². The molecule has 7 nitrogen and oxygen atoms in total. The number of nitrogens with zero attached hydrogens (tertiary/aromatic N) is 1. The summed E-state index contributed by atoms with van der Waals surface area (Å²) in [5, 5.41) is 2.49. The number of imide groups is 2. The Hall–Kier alpha value is -2.84. The van der Waals surface area contributed by atoms with Gasteiger partial charge in [-0.2, -0.15) is 0 Å². The number of anilines is 1. The number of nitrogens with one attached hydrogen (secondary N) is 1. The quantitative estimate of drug-likeness (QED) is 0.392. The average molecular weight is 522 g/mol. The Bertz CT molecular complexity index is 1080. The predicted octanol–water partition coefficient (Wildman–Crippen LogP) is 5.34. The number of benzene rings is 2. The van der Waals surface area contributed by atoms with Crippen molar-refractivity contribution >= 4 is 57.1 Å². The third kappa shape index (κ3) is 5.14. The molecule has 1 saturated heterocycles. The van der Waals surface area contributed by atoms with E-state index in [0.29, 0.717) is 29.4 Å². The number of ether oxygens (including phenoxy) is 2. The van der Waals surface area contributed by atoms with E-state index >= 15 is 0 Å². The van der Waals surface area contributed by atoms with Crippen LogP contribution in [0.25, 0.3) is 6.08 Å². The average Bonchev–Trinajstić information content (AvgIpc) is 2.74. The van der Waals surface area contributed by atoms with Crippen molar-refractivity contribution in [3.05, 3.63) is 57.0 Å². The van der Waals surface area contributed by atoms with E-state index in [9.17, 15) is 14.4 Å². The maximum atomic E-state index is 13.1. The van der Waals surface area contributed by atoms with E-state index in [1.54, 1.807) is 36.4 Å². The fourth-order valence-electron chi connectivity index (χ4n) is 2.98. The van der Waals surface area contributed by atoms with Crippen LogP contribution in [0.15, 0.2) is 46.4 Å². The van der Waals surface area contributed by atoms with Gasteiger partial charge in [-0.05, 0) is 68.3 Å². The van der Waals surface area contributed by atoms with Crippen LogP contribution in [-0.4, -0.2) is 30.6 Å². The van der Waals surface area contributed by atoms with Gasteiger partial charge in [-0.3, -0.25) is 14.9 Å². The number of hydrogen-bond acceptors (Lipinski definition) is 5. The minimum absolute atomic E-state index is 0.0768. The molecule has 2 aromatic carbocycles. The lowest BCUT2D eigenvalue weighted by Crippen LogP contribution is -2.54. The maximum absolute atomic E-state index is 13.1. The Labute approximate surface area is 199 Å². The number of rotatable bonds is 7. The number of carbonyl (C=O) groups excluding carboxylic acids is 3. The molecule has 2 aromatic rings. The summed E-state index contributed by atoms with van der Waals surface area (Å²) in [5.74, 6) is -0.731. The molecular weight excluding hydrogens is 500 g/mol. The Balaban J connectivity index is 2.01. The van der Waals surface area contributed by atoms with Gasteiger partial charge in [0.05, 0.1) is 23.4 Å². The normalized spacial score (nSPS) is 16.2. The van der Waals surface area contributed by atoms with Crippen LogP contribution in [0.2, 0.25) is 5.02 Å². The van der Waals surface area contributed by atoms with Gasteiger partial charge in [0.15, 0.2) is 11.5 Å². The van der Waals surface area contributed by atoms with Crippen molar-refractivity contribution in [1.82, 2.24) is 5.32 Å². The van der Waals surface area contributed by atoms with Crippen LogP contribution >= 0.6 is 27.5 Å². The third-order valence-electron chi connectivity index (χ3n) is 4.72. The van der Waals surface area contributed by atoms with E-state index in [1.165, 1.54) is 6.08 Å². The molecule has 0 bridgehead atoms. The molecule has 9 heteroatoms. The first-order valence-corrected chi connectivity index (χ1v) is 11.2. The molecule has 1 N–H and O–H groups in total. The highest BCUT2D eigenvalue weighted by molar-refractivity contribution is 9.10. The molecule has 1 aliphatic heterocycles. The van der Waals surface area contributed by atoms with E-state index in [-0.39, 0.29) is 16.7 Å². The van der Waals surface area contributed by atoms with Crippen molar-refractivity contribution in [2.45, 2.75) is 33.3 Å². The summed E-state index contributed by atoms with van der Waals surface area (Å²) in [6.07, 6.45) is 2.08. The van der Waals surface area contributed by atoms with E-state index in [2.05, 4.69) is 21.2 Å². The molecule has 4 amide bonds. The summed E-state index contributed by atoms with van der Waals surface area (Å²) in [7, 11) is 0. The molecule has 1 fully saturated rings. The minimum Gasteiger partial charge on any atom is -0.490 e. The van der Waals surface area contributed by atoms with Crippen LogP contribution in [0.5, 0.6) is 11.5 Å². The van der Waals surface area contributed by atoms with Crippen molar-refractivity contribution in [3.8, 4) is 11.5 Å². The zero-order valence-corrected chi connectivity index (χ0v) is 20.1. The van der Waals surface area contributed by atoms with E-state index in [1.807, 2.05) is 20.8 Å². The molecule has 0 radical (unpaired) electrons. The Morgan fingerprint density at radius 3 is 2.47 bits per heavy atom. The molecule has 1 aliphatic rings. The van der Waals surface area contributed by atoms with E-state index in [4.69, 9.17) is 21.1 Å². The number of urea groups is 1. The van der Waals surface area contributed by atoms with Crippen LogP contribution in [0.3, 0.4) is 0 Å².